The average molecular weight is 420 g/mol. The predicted molar refractivity (Wildman–Crippen MR) is 115 cm³/mol. The third-order valence-corrected chi connectivity index (χ3v) is 6.29. The lowest BCUT2D eigenvalue weighted by Crippen LogP contribution is -2.33. The molecule has 0 fully saturated rings. The quantitative estimate of drug-likeness (QED) is 0.467. The molecule has 0 aliphatic rings. The molecule has 29 heavy (non-hydrogen) atoms. The first-order valence-electron chi connectivity index (χ1n) is 8.58. The fourth-order valence-electron chi connectivity index (χ4n) is 3.19. The highest BCUT2D eigenvalue weighted by atomic mass is 32.1. The largest absolute Gasteiger partial charge is 0.322 e. The van der Waals surface area contributed by atoms with Crippen molar-refractivity contribution in [3.63, 3.8) is 0 Å². The molecule has 4 aromatic heterocycles. The van der Waals surface area contributed by atoms with E-state index in [1.54, 1.807) is 24.3 Å². The van der Waals surface area contributed by atoms with Crippen LogP contribution in [0.5, 0.6) is 0 Å². The van der Waals surface area contributed by atoms with Gasteiger partial charge in [0.2, 0.25) is 5.56 Å². The van der Waals surface area contributed by atoms with Crippen LogP contribution in [0.1, 0.15) is 10.4 Å². The second-order valence-corrected chi connectivity index (χ2v) is 8.07. The van der Waals surface area contributed by atoms with Crippen LogP contribution >= 0.6 is 22.7 Å². The molecule has 0 radical (unpaired) electrons. The highest BCUT2D eigenvalue weighted by Gasteiger charge is 2.17. The standard InChI is InChI=1S/C20H12N4O3S2/c25-16-8-12(11-4-1-2-5-14(11)22-16)18(26)23-24-10-21-19-17(20(24)27)13(9-29-19)15-6-3-7-28-15/h1-10H,(H,22,25)(H,23,26). The zero-order chi connectivity index (χ0) is 20.0. The highest BCUT2D eigenvalue weighted by Crippen LogP contribution is 2.33. The molecule has 1 amide bonds. The van der Waals surface area contributed by atoms with Gasteiger partial charge in [-0.25, -0.2) is 9.66 Å². The number of nitrogens with one attached hydrogen (secondary N) is 2. The van der Waals surface area contributed by atoms with Crippen molar-refractivity contribution in [2.75, 3.05) is 5.43 Å². The molecule has 4 heterocycles. The Hall–Kier alpha value is -3.56. The van der Waals surface area contributed by atoms with Gasteiger partial charge in [0.15, 0.2) is 0 Å². The van der Waals surface area contributed by atoms with Gasteiger partial charge in [-0.05, 0) is 17.5 Å². The monoisotopic (exact) mass is 420 g/mol. The number of aromatic amines is 1. The molecule has 1 aromatic carbocycles. The molecule has 0 aliphatic heterocycles. The van der Waals surface area contributed by atoms with E-state index >= 15 is 0 Å². The van der Waals surface area contributed by atoms with Crippen LogP contribution in [0, 0.1) is 0 Å². The number of carbonyl (C=O) groups is 1. The van der Waals surface area contributed by atoms with Crippen molar-refractivity contribution in [3.05, 3.63) is 85.8 Å². The van der Waals surface area contributed by atoms with Gasteiger partial charge in [-0.3, -0.25) is 19.8 Å². The molecule has 5 rings (SSSR count). The summed E-state index contributed by atoms with van der Waals surface area (Å²) in [5.74, 6) is -0.566. The molecular formula is C20H12N4O3S2. The molecule has 0 unspecified atom stereocenters. The summed E-state index contributed by atoms with van der Waals surface area (Å²) in [5.41, 5.74) is 3.31. The molecule has 0 saturated carbocycles. The van der Waals surface area contributed by atoms with E-state index in [1.165, 1.54) is 35.1 Å². The molecule has 9 heteroatoms. The minimum atomic E-state index is -0.566. The van der Waals surface area contributed by atoms with Crippen LogP contribution in [0.4, 0.5) is 0 Å². The number of fused-ring (bicyclic) bond motifs is 2. The molecule has 0 aliphatic carbocycles. The van der Waals surface area contributed by atoms with Crippen LogP contribution in [-0.4, -0.2) is 20.6 Å². The van der Waals surface area contributed by atoms with Gasteiger partial charge >= 0.3 is 0 Å². The number of hydrogen-bond donors (Lipinski definition) is 2. The van der Waals surface area contributed by atoms with Crippen molar-refractivity contribution in [1.29, 1.82) is 0 Å². The first-order valence-corrected chi connectivity index (χ1v) is 10.3. The van der Waals surface area contributed by atoms with Crippen molar-refractivity contribution >= 4 is 49.7 Å². The molecule has 2 N–H and O–H groups in total. The van der Waals surface area contributed by atoms with Crippen LogP contribution in [0.2, 0.25) is 0 Å². The molecule has 0 saturated heterocycles. The fourth-order valence-corrected chi connectivity index (χ4v) is 4.91. The number of pyridine rings is 1. The number of nitrogens with zero attached hydrogens (tertiary/aromatic N) is 2. The minimum absolute atomic E-state index is 0.181. The summed E-state index contributed by atoms with van der Waals surface area (Å²) < 4.78 is 1.06. The Bertz CT molecular complexity index is 1500. The number of H-pyrrole nitrogens is 1. The van der Waals surface area contributed by atoms with E-state index in [0.29, 0.717) is 21.1 Å². The fraction of sp³-hybridized carbons (Fsp3) is 0. The summed E-state index contributed by atoms with van der Waals surface area (Å²) in [5, 5.41) is 4.87. The third kappa shape index (κ3) is 2.96. The Morgan fingerprint density at radius 3 is 2.79 bits per heavy atom. The van der Waals surface area contributed by atoms with Crippen molar-refractivity contribution in [3.8, 4) is 10.4 Å². The van der Waals surface area contributed by atoms with E-state index in [9.17, 15) is 14.4 Å². The molecule has 0 atom stereocenters. The normalized spacial score (nSPS) is 11.2. The van der Waals surface area contributed by atoms with Crippen LogP contribution in [0.15, 0.2) is 69.1 Å². The summed E-state index contributed by atoms with van der Waals surface area (Å²) >= 11 is 2.91. The third-order valence-electron chi connectivity index (χ3n) is 4.50. The molecule has 0 spiro atoms. The highest BCUT2D eigenvalue weighted by molar-refractivity contribution is 7.18. The number of hydrogen-bond acceptors (Lipinski definition) is 6. The predicted octanol–water partition coefficient (Wildman–Crippen LogP) is 3.41. The van der Waals surface area contributed by atoms with Crippen molar-refractivity contribution in [2.45, 2.75) is 0 Å². The van der Waals surface area contributed by atoms with E-state index in [-0.39, 0.29) is 11.1 Å². The molecule has 7 nitrogen and oxygen atoms in total. The smallest absolute Gasteiger partial charge is 0.281 e. The number of para-hydroxylation sites is 1. The maximum atomic E-state index is 13.1. The lowest BCUT2D eigenvalue weighted by molar-refractivity contribution is 0.101. The van der Waals surface area contributed by atoms with Crippen LogP contribution in [-0.2, 0) is 0 Å². The summed E-state index contributed by atoms with van der Waals surface area (Å²) in [6, 6.07) is 12.1. The Morgan fingerprint density at radius 2 is 1.97 bits per heavy atom. The van der Waals surface area contributed by atoms with E-state index in [2.05, 4.69) is 15.4 Å². The Balaban J connectivity index is 1.60. The maximum absolute atomic E-state index is 13.1. The maximum Gasteiger partial charge on any atom is 0.281 e. The first-order chi connectivity index (χ1) is 14.1. The van der Waals surface area contributed by atoms with E-state index in [0.717, 1.165) is 15.1 Å². The summed E-state index contributed by atoms with van der Waals surface area (Å²) in [4.78, 5) is 46.4. The van der Waals surface area contributed by atoms with E-state index in [1.807, 2.05) is 22.9 Å². The number of amides is 1. The van der Waals surface area contributed by atoms with Crippen LogP contribution < -0.4 is 16.5 Å². The number of benzene rings is 1. The zero-order valence-electron chi connectivity index (χ0n) is 14.7. The van der Waals surface area contributed by atoms with Crippen LogP contribution in [0.25, 0.3) is 31.6 Å². The van der Waals surface area contributed by atoms with Crippen molar-refractivity contribution in [2.24, 2.45) is 0 Å². The first kappa shape index (κ1) is 17.5. The summed E-state index contributed by atoms with van der Waals surface area (Å²) in [6.07, 6.45) is 1.28. The van der Waals surface area contributed by atoms with Gasteiger partial charge in [0.05, 0.1) is 10.9 Å². The Morgan fingerprint density at radius 1 is 1.10 bits per heavy atom. The summed E-state index contributed by atoms with van der Waals surface area (Å²) in [6.45, 7) is 0. The van der Waals surface area contributed by atoms with Gasteiger partial charge in [-0.15, -0.1) is 22.7 Å². The second-order valence-electron chi connectivity index (χ2n) is 6.26. The average Bonchev–Trinajstić information content (AvgIpc) is 3.39. The minimum Gasteiger partial charge on any atom is -0.322 e. The van der Waals surface area contributed by atoms with E-state index < -0.39 is 11.5 Å². The lowest BCUT2D eigenvalue weighted by Gasteiger charge is -2.10. The van der Waals surface area contributed by atoms with Gasteiger partial charge in [-0.1, -0.05) is 24.3 Å². The topological polar surface area (TPSA) is 96.8 Å². The lowest BCUT2D eigenvalue weighted by atomic mass is 10.1. The van der Waals surface area contributed by atoms with Crippen molar-refractivity contribution in [1.82, 2.24) is 14.6 Å². The molecule has 5 aromatic rings. The SMILES string of the molecule is O=C(Nn1cnc2scc(-c3cccs3)c2c1=O)c1cc(=O)[nH]c2ccccc12. The number of rotatable bonds is 3. The van der Waals surface area contributed by atoms with Crippen molar-refractivity contribution < 1.29 is 4.79 Å². The number of aromatic nitrogens is 3. The van der Waals surface area contributed by atoms with Crippen LogP contribution in [0.3, 0.4) is 0 Å². The second kappa shape index (κ2) is 6.80. The molecule has 142 valence electrons. The van der Waals surface area contributed by atoms with Gasteiger partial charge in [0.1, 0.15) is 11.2 Å². The Labute approximate surface area is 170 Å². The summed E-state index contributed by atoms with van der Waals surface area (Å²) in [7, 11) is 0. The van der Waals surface area contributed by atoms with E-state index in [4.69, 9.17) is 0 Å². The van der Waals surface area contributed by atoms with Gasteiger partial charge in [0, 0.05) is 32.8 Å². The Kier molecular flexibility index (Phi) is 4.11. The van der Waals surface area contributed by atoms with Gasteiger partial charge in [0.25, 0.3) is 11.5 Å². The molecular weight excluding hydrogens is 408 g/mol. The molecule has 0 bridgehead atoms. The number of carbonyl (C=O) groups excluding carboxylic acids is 1. The van der Waals surface area contributed by atoms with Gasteiger partial charge < -0.3 is 4.98 Å². The van der Waals surface area contributed by atoms with Gasteiger partial charge in [-0.2, -0.15) is 0 Å². The zero-order valence-corrected chi connectivity index (χ0v) is 16.3. The number of thiophene rings is 2.